The van der Waals surface area contributed by atoms with Crippen molar-refractivity contribution in [3.63, 3.8) is 0 Å². The topological polar surface area (TPSA) is 153 Å². The molecule has 4 aliphatic rings. The van der Waals surface area contributed by atoms with Crippen LogP contribution in [-0.2, 0) is 24.4 Å². The molecule has 13 heteroatoms. The van der Waals surface area contributed by atoms with Crippen LogP contribution in [0.5, 0.6) is 17.5 Å². The summed E-state index contributed by atoms with van der Waals surface area (Å²) in [6, 6.07) is 6.39. The van der Waals surface area contributed by atoms with Crippen molar-refractivity contribution in [3.8, 4) is 17.5 Å². The van der Waals surface area contributed by atoms with Crippen LogP contribution >= 0.6 is 0 Å². The van der Waals surface area contributed by atoms with Crippen molar-refractivity contribution in [1.29, 1.82) is 0 Å². The van der Waals surface area contributed by atoms with E-state index in [0.29, 0.717) is 42.9 Å². The number of nitrogens with one attached hydrogen (secondary N) is 2. The molecule has 3 fully saturated rings. The Labute approximate surface area is 288 Å². The molecule has 0 spiro atoms. The lowest BCUT2D eigenvalue weighted by Crippen LogP contribution is -2.57. The fourth-order valence-corrected chi connectivity index (χ4v) is 8.51. The van der Waals surface area contributed by atoms with E-state index in [0.717, 1.165) is 30.0 Å². The quantitative estimate of drug-likeness (QED) is 0.386. The van der Waals surface area contributed by atoms with E-state index in [4.69, 9.17) is 14.2 Å². The van der Waals surface area contributed by atoms with Gasteiger partial charge in [0, 0.05) is 30.2 Å². The number of benzene rings is 1. The van der Waals surface area contributed by atoms with Crippen LogP contribution in [0.25, 0.3) is 10.8 Å². The Kier molecular flexibility index (Phi) is 9.60. The van der Waals surface area contributed by atoms with Gasteiger partial charge >= 0.3 is 0 Å². The van der Waals surface area contributed by atoms with Gasteiger partial charge in [0.2, 0.25) is 33.6 Å². The number of fused-ring (bicyclic) bond motifs is 3. The summed E-state index contributed by atoms with van der Waals surface area (Å²) in [6.07, 6.45) is 7.55. The van der Waals surface area contributed by atoms with E-state index in [2.05, 4.69) is 28.9 Å². The van der Waals surface area contributed by atoms with Crippen LogP contribution in [0.15, 0.2) is 36.4 Å². The molecule has 2 aromatic rings. The number of hydrogen-bond donors (Lipinski definition) is 2. The Morgan fingerprint density at radius 3 is 2.63 bits per heavy atom. The first kappa shape index (κ1) is 35.0. The van der Waals surface area contributed by atoms with Crippen molar-refractivity contribution in [3.05, 3.63) is 36.4 Å². The molecule has 2 saturated carbocycles. The lowest BCUT2D eigenvalue weighted by molar-refractivity contribution is -0.140. The molecule has 0 radical (unpaired) electrons. The standard InChI is InChI=1S/C36H48N4O8S/c1-6-47-30-18-24-17-26(46-5)11-12-28(24)33(37-30)48-27-19-29-32(42)38-36(34(43)39-49(44,45)35(4)13-14-35)20-25(36)10-8-7-9-22(2)15-23(3)16-31(41)40(29)21-27/h8,10-12,17-18,22-23,25,27,29H,6-7,9,13-16,19-21H2,1-5H3,(H,38,42)(H,39,43)/b10-8-/t22-,23-,25?,27-,29+,36-/m1/s1. The molecule has 266 valence electrons. The van der Waals surface area contributed by atoms with Gasteiger partial charge in [0.15, 0.2) is 0 Å². The first-order valence-corrected chi connectivity index (χ1v) is 18.9. The predicted molar refractivity (Wildman–Crippen MR) is 184 cm³/mol. The minimum absolute atomic E-state index is 0.100. The molecule has 1 unspecified atom stereocenters. The third-order valence-electron chi connectivity index (χ3n) is 10.6. The van der Waals surface area contributed by atoms with E-state index in [1.165, 1.54) is 0 Å². The predicted octanol–water partition coefficient (Wildman–Crippen LogP) is 4.27. The molecule has 1 aromatic heterocycles. The van der Waals surface area contributed by atoms with E-state index in [1.807, 2.05) is 37.3 Å². The molecule has 49 heavy (non-hydrogen) atoms. The van der Waals surface area contributed by atoms with Crippen LogP contribution in [0.1, 0.15) is 79.1 Å². The van der Waals surface area contributed by atoms with Crippen molar-refractivity contribution < 1.29 is 37.0 Å². The number of allylic oxidation sites excluding steroid dienone is 1. The molecule has 2 aliphatic heterocycles. The molecule has 1 aromatic carbocycles. The molecular formula is C36H48N4O8S. The highest BCUT2D eigenvalue weighted by Gasteiger charge is 2.63. The Morgan fingerprint density at radius 2 is 1.92 bits per heavy atom. The third kappa shape index (κ3) is 7.22. The van der Waals surface area contributed by atoms with Gasteiger partial charge < -0.3 is 24.4 Å². The van der Waals surface area contributed by atoms with Gasteiger partial charge in [-0.2, -0.15) is 4.98 Å². The van der Waals surface area contributed by atoms with Crippen LogP contribution < -0.4 is 24.2 Å². The van der Waals surface area contributed by atoms with Crippen LogP contribution in [0.4, 0.5) is 0 Å². The summed E-state index contributed by atoms with van der Waals surface area (Å²) in [7, 11) is -2.34. The molecule has 3 amide bonds. The monoisotopic (exact) mass is 696 g/mol. The van der Waals surface area contributed by atoms with Gasteiger partial charge in [-0.25, -0.2) is 8.42 Å². The number of aromatic nitrogens is 1. The van der Waals surface area contributed by atoms with Crippen LogP contribution in [0.3, 0.4) is 0 Å². The van der Waals surface area contributed by atoms with E-state index < -0.39 is 44.3 Å². The molecule has 3 heterocycles. The van der Waals surface area contributed by atoms with Gasteiger partial charge in [-0.1, -0.05) is 26.0 Å². The zero-order valence-electron chi connectivity index (χ0n) is 29.0. The first-order valence-electron chi connectivity index (χ1n) is 17.4. The Bertz CT molecular complexity index is 1760. The van der Waals surface area contributed by atoms with E-state index in [9.17, 15) is 22.8 Å². The van der Waals surface area contributed by atoms with Gasteiger partial charge in [-0.3, -0.25) is 19.1 Å². The highest BCUT2D eigenvalue weighted by Crippen LogP contribution is 2.47. The van der Waals surface area contributed by atoms with Gasteiger partial charge in [0.05, 0.1) is 25.0 Å². The number of nitrogens with zero attached hydrogens (tertiary/aromatic N) is 2. The SMILES string of the molecule is CCOc1cc2cc(OC)ccc2c(O[C@@H]2C[C@H]3C(=O)N[C@]4(C(=O)NS(=O)(=O)C5(C)CC5)CC4/C=C\CC[C@@H](C)C[C@@H](C)CC(=O)N3C2)n1. The van der Waals surface area contributed by atoms with Crippen molar-refractivity contribution in [2.45, 2.75) is 101 Å². The highest BCUT2D eigenvalue weighted by molar-refractivity contribution is 7.91. The molecule has 6 atom stereocenters. The fourth-order valence-electron chi connectivity index (χ4n) is 7.19. The Balaban J connectivity index is 1.30. The summed E-state index contributed by atoms with van der Waals surface area (Å²) in [6.45, 7) is 8.25. The average molecular weight is 697 g/mol. The minimum atomic E-state index is -3.93. The summed E-state index contributed by atoms with van der Waals surface area (Å²) in [4.78, 5) is 48.0. The maximum absolute atomic E-state index is 14.2. The molecule has 0 bridgehead atoms. The second-order valence-electron chi connectivity index (χ2n) is 14.6. The van der Waals surface area contributed by atoms with Crippen molar-refractivity contribution in [2.24, 2.45) is 17.8 Å². The average Bonchev–Trinajstić information content (AvgIpc) is 3.92. The summed E-state index contributed by atoms with van der Waals surface area (Å²) < 4.78 is 45.0. The van der Waals surface area contributed by atoms with E-state index in [-0.39, 0.29) is 43.6 Å². The number of sulfonamides is 1. The van der Waals surface area contributed by atoms with Crippen molar-refractivity contribution >= 4 is 38.5 Å². The van der Waals surface area contributed by atoms with Crippen molar-refractivity contribution in [2.75, 3.05) is 20.3 Å². The lowest BCUT2D eigenvalue weighted by Gasteiger charge is -2.28. The number of carbonyl (C=O) groups is 3. The molecule has 2 aliphatic carbocycles. The number of carbonyl (C=O) groups excluding carboxylic acids is 3. The molecule has 6 rings (SSSR count). The number of rotatable bonds is 8. The Hall–Kier alpha value is -3.87. The molecular weight excluding hydrogens is 648 g/mol. The number of hydrogen-bond acceptors (Lipinski definition) is 9. The van der Waals surface area contributed by atoms with E-state index in [1.54, 1.807) is 25.0 Å². The first-order chi connectivity index (χ1) is 23.3. The normalized spacial score (nSPS) is 30.6. The second kappa shape index (κ2) is 13.4. The number of pyridine rings is 1. The van der Waals surface area contributed by atoms with Crippen LogP contribution in [0, 0.1) is 17.8 Å². The summed E-state index contributed by atoms with van der Waals surface area (Å²) >= 11 is 0. The van der Waals surface area contributed by atoms with Gasteiger partial charge in [-0.05, 0) is 87.8 Å². The van der Waals surface area contributed by atoms with E-state index >= 15 is 0 Å². The smallest absolute Gasteiger partial charge is 0.259 e. The molecule has 1 saturated heterocycles. The minimum Gasteiger partial charge on any atom is -0.497 e. The maximum Gasteiger partial charge on any atom is 0.259 e. The van der Waals surface area contributed by atoms with Crippen LogP contribution in [0.2, 0.25) is 0 Å². The number of methoxy groups -OCH3 is 1. The van der Waals surface area contributed by atoms with Gasteiger partial charge in [-0.15, -0.1) is 0 Å². The molecule has 2 N–H and O–H groups in total. The fraction of sp³-hybridized carbons (Fsp3) is 0.611. The zero-order chi connectivity index (χ0) is 35.1. The third-order valence-corrected chi connectivity index (χ3v) is 12.7. The van der Waals surface area contributed by atoms with Crippen LogP contribution in [-0.4, -0.2) is 78.7 Å². The van der Waals surface area contributed by atoms with Gasteiger partial charge in [0.25, 0.3) is 5.91 Å². The lowest BCUT2D eigenvalue weighted by atomic mass is 9.91. The molecule has 12 nitrogen and oxygen atoms in total. The maximum atomic E-state index is 14.2. The second-order valence-corrected chi connectivity index (χ2v) is 16.8. The Morgan fingerprint density at radius 1 is 1.14 bits per heavy atom. The van der Waals surface area contributed by atoms with Crippen molar-refractivity contribution in [1.82, 2.24) is 19.9 Å². The van der Waals surface area contributed by atoms with Gasteiger partial charge in [0.1, 0.15) is 23.4 Å². The zero-order valence-corrected chi connectivity index (χ0v) is 29.8. The largest absolute Gasteiger partial charge is 0.497 e. The number of ether oxygens (including phenoxy) is 3. The highest BCUT2D eigenvalue weighted by atomic mass is 32.2. The summed E-state index contributed by atoms with van der Waals surface area (Å²) in [5.41, 5.74) is -1.43. The number of amides is 3. The summed E-state index contributed by atoms with van der Waals surface area (Å²) in [5, 5.41) is 4.45. The summed E-state index contributed by atoms with van der Waals surface area (Å²) in [5.74, 6) is 0.0313.